The minimum atomic E-state index is -3.51. The number of H-pyrrole nitrogens is 1. The summed E-state index contributed by atoms with van der Waals surface area (Å²) in [6.45, 7) is 1.54. The molecule has 4 heterocycles. The van der Waals surface area contributed by atoms with E-state index in [1.807, 2.05) is 6.07 Å². The van der Waals surface area contributed by atoms with Crippen molar-refractivity contribution in [3.63, 3.8) is 0 Å². The highest BCUT2D eigenvalue weighted by Gasteiger charge is 2.45. The Bertz CT molecular complexity index is 1110. The van der Waals surface area contributed by atoms with E-state index in [-0.39, 0.29) is 4.90 Å². The standard InChI is InChI=1S/C19H22N4O3S/c1-22-13-14(12-20-22)27(24,25)23-9-7-19(8-10-23)18-16(6-11-26-19)15-4-2-3-5-17(15)21-18/h2-5,12-13,21H,6-11H2,1H3. The van der Waals surface area contributed by atoms with Crippen LogP contribution in [0.25, 0.3) is 10.9 Å². The van der Waals surface area contributed by atoms with Crippen LogP contribution in [0.2, 0.25) is 0 Å². The lowest BCUT2D eigenvalue weighted by atomic mass is 9.84. The molecule has 1 spiro atoms. The average Bonchev–Trinajstić information content (AvgIpc) is 3.28. The maximum absolute atomic E-state index is 12.9. The number of para-hydroxylation sites is 1. The summed E-state index contributed by atoms with van der Waals surface area (Å²) in [5.74, 6) is 0. The molecule has 1 N–H and O–H groups in total. The second-order valence-corrected chi connectivity index (χ2v) is 9.31. The van der Waals surface area contributed by atoms with Crippen molar-refractivity contribution in [1.29, 1.82) is 0 Å². The lowest BCUT2D eigenvalue weighted by Gasteiger charge is -2.43. The van der Waals surface area contributed by atoms with Crippen molar-refractivity contribution < 1.29 is 13.2 Å². The van der Waals surface area contributed by atoms with E-state index in [1.54, 1.807) is 17.5 Å². The number of aryl methyl sites for hydroxylation is 1. The molecule has 2 aromatic heterocycles. The molecule has 1 fully saturated rings. The summed E-state index contributed by atoms with van der Waals surface area (Å²) in [5, 5.41) is 5.25. The van der Waals surface area contributed by atoms with E-state index in [1.165, 1.54) is 21.8 Å². The molecule has 1 aromatic carbocycles. The zero-order chi connectivity index (χ0) is 18.6. The van der Waals surface area contributed by atoms with E-state index in [9.17, 15) is 8.42 Å². The van der Waals surface area contributed by atoms with E-state index in [4.69, 9.17) is 4.74 Å². The van der Waals surface area contributed by atoms with Crippen LogP contribution < -0.4 is 0 Å². The summed E-state index contributed by atoms with van der Waals surface area (Å²) in [6.07, 6.45) is 5.14. The largest absolute Gasteiger partial charge is 0.368 e. The molecule has 5 rings (SSSR count). The average molecular weight is 386 g/mol. The molecule has 0 radical (unpaired) electrons. The molecule has 8 heteroatoms. The van der Waals surface area contributed by atoms with E-state index in [2.05, 4.69) is 28.3 Å². The highest BCUT2D eigenvalue weighted by atomic mass is 32.2. The molecule has 3 aromatic rings. The van der Waals surface area contributed by atoms with Gasteiger partial charge in [0.1, 0.15) is 10.5 Å². The molecule has 27 heavy (non-hydrogen) atoms. The third kappa shape index (κ3) is 2.55. The van der Waals surface area contributed by atoms with Crippen molar-refractivity contribution in [2.45, 2.75) is 29.8 Å². The van der Waals surface area contributed by atoms with Crippen LogP contribution in [0.5, 0.6) is 0 Å². The number of sulfonamides is 1. The lowest BCUT2D eigenvalue weighted by molar-refractivity contribution is -0.0915. The molecule has 0 aliphatic carbocycles. The van der Waals surface area contributed by atoms with E-state index in [0.29, 0.717) is 32.5 Å². The van der Waals surface area contributed by atoms with Gasteiger partial charge in [-0.3, -0.25) is 4.68 Å². The number of hydrogen-bond acceptors (Lipinski definition) is 4. The normalized spacial score (nSPS) is 20.2. The molecular weight excluding hydrogens is 364 g/mol. The van der Waals surface area contributed by atoms with Gasteiger partial charge in [-0.1, -0.05) is 18.2 Å². The quantitative estimate of drug-likeness (QED) is 0.732. The summed E-state index contributed by atoms with van der Waals surface area (Å²) >= 11 is 0. The molecule has 2 aliphatic rings. The van der Waals surface area contributed by atoms with Gasteiger partial charge in [0.15, 0.2) is 0 Å². The van der Waals surface area contributed by atoms with Crippen molar-refractivity contribution in [2.24, 2.45) is 7.05 Å². The maximum atomic E-state index is 12.9. The van der Waals surface area contributed by atoms with Gasteiger partial charge in [-0.25, -0.2) is 8.42 Å². The number of aromatic nitrogens is 3. The highest BCUT2D eigenvalue weighted by molar-refractivity contribution is 7.89. The van der Waals surface area contributed by atoms with E-state index in [0.717, 1.165) is 17.6 Å². The van der Waals surface area contributed by atoms with Crippen molar-refractivity contribution in [2.75, 3.05) is 19.7 Å². The molecule has 1 saturated heterocycles. The van der Waals surface area contributed by atoms with Gasteiger partial charge in [0.05, 0.1) is 18.5 Å². The minimum absolute atomic E-state index is 0.247. The number of piperidine rings is 1. The third-order valence-electron chi connectivity index (χ3n) is 5.85. The van der Waals surface area contributed by atoms with Gasteiger partial charge >= 0.3 is 0 Å². The van der Waals surface area contributed by atoms with Crippen LogP contribution in [0.4, 0.5) is 0 Å². The first-order chi connectivity index (χ1) is 13.0. The van der Waals surface area contributed by atoms with Gasteiger partial charge in [-0.2, -0.15) is 9.40 Å². The number of benzene rings is 1. The number of hydrogen-bond donors (Lipinski definition) is 1. The first kappa shape index (κ1) is 17.0. The zero-order valence-corrected chi connectivity index (χ0v) is 16.0. The van der Waals surface area contributed by atoms with Crippen molar-refractivity contribution in [3.8, 4) is 0 Å². The number of nitrogens with zero attached hydrogens (tertiary/aromatic N) is 3. The van der Waals surface area contributed by atoms with Crippen LogP contribution in [0, 0.1) is 0 Å². The Kier molecular flexibility index (Phi) is 3.72. The van der Waals surface area contributed by atoms with Crippen molar-refractivity contribution in [3.05, 3.63) is 47.9 Å². The topological polar surface area (TPSA) is 80.2 Å². The van der Waals surface area contributed by atoms with Gasteiger partial charge in [-0.15, -0.1) is 0 Å². The van der Waals surface area contributed by atoms with Gasteiger partial charge < -0.3 is 9.72 Å². The summed E-state index contributed by atoms with van der Waals surface area (Å²) < 4.78 is 35.1. The fourth-order valence-corrected chi connectivity index (χ4v) is 5.86. The number of nitrogens with one attached hydrogen (secondary N) is 1. The number of rotatable bonds is 2. The Labute approximate surface area is 158 Å². The summed E-state index contributed by atoms with van der Waals surface area (Å²) in [6, 6.07) is 8.32. The van der Waals surface area contributed by atoms with Gasteiger partial charge in [0, 0.05) is 37.2 Å². The van der Waals surface area contributed by atoms with Gasteiger partial charge in [0.2, 0.25) is 10.0 Å². The zero-order valence-electron chi connectivity index (χ0n) is 15.2. The monoisotopic (exact) mass is 386 g/mol. The summed E-state index contributed by atoms with van der Waals surface area (Å²) in [5.41, 5.74) is 3.15. The lowest BCUT2D eigenvalue weighted by Crippen LogP contribution is -2.48. The Balaban J connectivity index is 1.46. The van der Waals surface area contributed by atoms with Crippen LogP contribution in [0.15, 0.2) is 41.6 Å². The molecule has 0 unspecified atom stereocenters. The third-order valence-corrected chi connectivity index (χ3v) is 7.70. The second kappa shape index (κ2) is 5.92. The Morgan fingerprint density at radius 2 is 2.00 bits per heavy atom. The molecule has 0 saturated carbocycles. The molecular formula is C19H22N4O3S. The number of aromatic amines is 1. The van der Waals surface area contributed by atoms with Gasteiger partial charge in [0.25, 0.3) is 0 Å². The maximum Gasteiger partial charge on any atom is 0.246 e. The molecule has 7 nitrogen and oxygen atoms in total. The number of ether oxygens (including phenoxy) is 1. The fourth-order valence-electron chi connectivity index (χ4n) is 4.43. The van der Waals surface area contributed by atoms with Crippen LogP contribution in [-0.4, -0.2) is 47.2 Å². The van der Waals surface area contributed by atoms with Crippen molar-refractivity contribution >= 4 is 20.9 Å². The summed E-state index contributed by atoms with van der Waals surface area (Å²) in [4.78, 5) is 3.81. The van der Waals surface area contributed by atoms with Crippen LogP contribution >= 0.6 is 0 Å². The Hall–Kier alpha value is -2.16. The molecule has 0 amide bonds. The molecule has 0 bridgehead atoms. The predicted molar refractivity (Wildman–Crippen MR) is 101 cm³/mol. The minimum Gasteiger partial charge on any atom is -0.368 e. The van der Waals surface area contributed by atoms with E-state index < -0.39 is 15.6 Å². The molecule has 0 atom stereocenters. The molecule has 2 aliphatic heterocycles. The first-order valence-corrected chi connectivity index (χ1v) is 10.7. The second-order valence-electron chi connectivity index (χ2n) is 7.37. The van der Waals surface area contributed by atoms with Crippen LogP contribution in [0.1, 0.15) is 24.1 Å². The van der Waals surface area contributed by atoms with Crippen LogP contribution in [0.3, 0.4) is 0 Å². The molecule has 142 valence electrons. The predicted octanol–water partition coefficient (Wildman–Crippen LogP) is 2.15. The van der Waals surface area contributed by atoms with E-state index >= 15 is 0 Å². The Morgan fingerprint density at radius 1 is 1.22 bits per heavy atom. The smallest absolute Gasteiger partial charge is 0.246 e. The van der Waals surface area contributed by atoms with Crippen molar-refractivity contribution in [1.82, 2.24) is 19.1 Å². The fraction of sp³-hybridized carbons (Fsp3) is 0.421. The summed E-state index contributed by atoms with van der Waals surface area (Å²) in [7, 11) is -1.79. The number of fused-ring (bicyclic) bond motifs is 4. The Morgan fingerprint density at radius 3 is 2.74 bits per heavy atom. The highest BCUT2D eigenvalue weighted by Crippen LogP contribution is 2.44. The van der Waals surface area contributed by atoms with Gasteiger partial charge in [-0.05, 0) is 30.9 Å². The van der Waals surface area contributed by atoms with Crippen LogP contribution in [-0.2, 0) is 33.8 Å². The first-order valence-electron chi connectivity index (χ1n) is 9.22. The SMILES string of the molecule is Cn1cc(S(=O)(=O)N2CCC3(CC2)OCCc2c3[nH]c3ccccc23)cn1.